The number of hydrogen-bond donors (Lipinski definition) is 2. The molecule has 1 aromatic carbocycles. The van der Waals surface area contributed by atoms with Crippen molar-refractivity contribution in [1.29, 1.82) is 0 Å². The minimum absolute atomic E-state index is 0.0891. The summed E-state index contributed by atoms with van der Waals surface area (Å²) in [4.78, 5) is 18.8. The molecular formula is C13H13N3O. The number of nitrogens with one attached hydrogen (secondary N) is 1. The number of hydrogen-bond acceptors (Lipinski definition) is 3. The second-order valence-electron chi connectivity index (χ2n) is 4.42. The molecule has 0 amide bonds. The Morgan fingerprint density at radius 1 is 1.24 bits per heavy atom. The second-order valence-corrected chi connectivity index (χ2v) is 4.42. The summed E-state index contributed by atoms with van der Waals surface area (Å²) in [6.07, 6.45) is 2.27. The molecule has 4 heteroatoms. The molecule has 0 atom stereocenters. The van der Waals surface area contributed by atoms with E-state index in [2.05, 4.69) is 9.97 Å². The molecule has 86 valence electrons. The smallest absolute Gasteiger partial charge is 0.251 e. The highest BCUT2D eigenvalue weighted by molar-refractivity contribution is 5.58. The Bertz CT molecular complexity index is 597. The molecule has 1 fully saturated rings. The fourth-order valence-electron chi connectivity index (χ4n) is 1.84. The molecule has 1 heterocycles. The van der Waals surface area contributed by atoms with Gasteiger partial charge in [0.2, 0.25) is 0 Å². The van der Waals surface area contributed by atoms with Crippen molar-refractivity contribution in [3.8, 4) is 11.4 Å². The van der Waals surface area contributed by atoms with Crippen LogP contribution in [0.25, 0.3) is 11.4 Å². The SMILES string of the molecule is Nc1ccc(-c2nc(C3CC3)cc(=O)[nH]2)cc1. The molecule has 1 aliphatic rings. The number of rotatable bonds is 2. The highest BCUT2D eigenvalue weighted by Gasteiger charge is 2.25. The number of nitrogen functional groups attached to an aromatic ring is 1. The lowest BCUT2D eigenvalue weighted by Gasteiger charge is -2.03. The van der Waals surface area contributed by atoms with Gasteiger partial charge >= 0.3 is 0 Å². The predicted molar refractivity (Wildman–Crippen MR) is 66.7 cm³/mol. The van der Waals surface area contributed by atoms with Crippen LogP contribution in [0.1, 0.15) is 24.5 Å². The third kappa shape index (κ3) is 2.06. The van der Waals surface area contributed by atoms with E-state index in [0.29, 0.717) is 17.4 Å². The second kappa shape index (κ2) is 3.73. The van der Waals surface area contributed by atoms with Gasteiger partial charge in [0.25, 0.3) is 5.56 Å². The van der Waals surface area contributed by atoms with Crippen molar-refractivity contribution in [1.82, 2.24) is 9.97 Å². The van der Waals surface area contributed by atoms with Crippen molar-refractivity contribution in [2.75, 3.05) is 5.73 Å². The van der Waals surface area contributed by atoms with Crippen LogP contribution in [0.3, 0.4) is 0 Å². The molecule has 0 aliphatic heterocycles. The van der Waals surface area contributed by atoms with Gasteiger partial charge < -0.3 is 10.7 Å². The van der Waals surface area contributed by atoms with Crippen molar-refractivity contribution in [3.05, 3.63) is 46.4 Å². The first-order valence-electron chi connectivity index (χ1n) is 5.69. The summed E-state index contributed by atoms with van der Waals surface area (Å²) in [5, 5.41) is 0. The first kappa shape index (κ1) is 10.1. The predicted octanol–water partition coefficient (Wildman–Crippen LogP) is 1.90. The summed E-state index contributed by atoms with van der Waals surface area (Å²) in [5.41, 5.74) is 8.04. The van der Waals surface area contributed by atoms with Gasteiger partial charge in [-0.3, -0.25) is 4.79 Å². The van der Waals surface area contributed by atoms with Gasteiger partial charge in [-0.25, -0.2) is 4.98 Å². The number of H-pyrrole nitrogens is 1. The largest absolute Gasteiger partial charge is 0.399 e. The summed E-state index contributed by atoms with van der Waals surface area (Å²) in [6, 6.07) is 8.94. The van der Waals surface area contributed by atoms with Gasteiger partial charge in [0.15, 0.2) is 0 Å². The van der Waals surface area contributed by atoms with E-state index < -0.39 is 0 Å². The van der Waals surface area contributed by atoms with Crippen LogP contribution in [-0.4, -0.2) is 9.97 Å². The van der Waals surface area contributed by atoms with Gasteiger partial charge in [0, 0.05) is 23.2 Å². The standard InChI is InChI=1S/C13H13N3O/c14-10-5-3-9(4-6-10)13-15-11(8-1-2-8)7-12(17)16-13/h3-8H,1-2,14H2,(H,15,16,17). The van der Waals surface area contributed by atoms with Gasteiger partial charge in [-0.2, -0.15) is 0 Å². The van der Waals surface area contributed by atoms with Crippen LogP contribution in [0, 0.1) is 0 Å². The number of nitrogens with two attached hydrogens (primary N) is 1. The molecular weight excluding hydrogens is 214 g/mol. The van der Waals surface area contributed by atoms with Gasteiger partial charge in [-0.1, -0.05) is 0 Å². The molecule has 1 aliphatic carbocycles. The molecule has 3 rings (SSSR count). The maximum absolute atomic E-state index is 11.6. The third-order valence-electron chi connectivity index (χ3n) is 2.94. The fraction of sp³-hybridized carbons (Fsp3) is 0.231. The molecule has 2 aromatic rings. The summed E-state index contributed by atoms with van der Waals surface area (Å²) in [6.45, 7) is 0. The number of benzene rings is 1. The van der Waals surface area contributed by atoms with E-state index >= 15 is 0 Å². The number of anilines is 1. The Hall–Kier alpha value is -2.10. The van der Waals surface area contributed by atoms with Crippen LogP contribution in [0.15, 0.2) is 35.1 Å². The van der Waals surface area contributed by atoms with Gasteiger partial charge in [0.05, 0.1) is 5.69 Å². The molecule has 3 N–H and O–H groups in total. The molecule has 0 radical (unpaired) electrons. The van der Waals surface area contributed by atoms with Crippen LogP contribution in [0.4, 0.5) is 5.69 Å². The van der Waals surface area contributed by atoms with E-state index in [9.17, 15) is 4.79 Å². The Labute approximate surface area is 98.5 Å². The van der Waals surface area contributed by atoms with Crippen LogP contribution >= 0.6 is 0 Å². The number of aromatic nitrogens is 2. The Morgan fingerprint density at radius 2 is 1.94 bits per heavy atom. The normalized spacial score (nSPS) is 14.8. The summed E-state index contributed by atoms with van der Waals surface area (Å²) < 4.78 is 0. The molecule has 1 saturated carbocycles. The highest BCUT2D eigenvalue weighted by Crippen LogP contribution is 2.38. The lowest BCUT2D eigenvalue weighted by molar-refractivity contribution is 0.977. The Kier molecular flexibility index (Phi) is 2.21. The molecule has 0 spiro atoms. The van der Waals surface area contributed by atoms with E-state index in [1.807, 2.05) is 12.1 Å². The van der Waals surface area contributed by atoms with E-state index in [-0.39, 0.29) is 5.56 Å². The van der Waals surface area contributed by atoms with Crippen LogP contribution in [0.2, 0.25) is 0 Å². The topological polar surface area (TPSA) is 71.8 Å². The lowest BCUT2D eigenvalue weighted by atomic mass is 10.2. The lowest BCUT2D eigenvalue weighted by Crippen LogP contribution is -2.09. The summed E-state index contributed by atoms with van der Waals surface area (Å²) >= 11 is 0. The van der Waals surface area contributed by atoms with Crippen molar-refractivity contribution in [3.63, 3.8) is 0 Å². The van der Waals surface area contributed by atoms with Crippen molar-refractivity contribution in [2.24, 2.45) is 0 Å². The maximum Gasteiger partial charge on any atom is 0.251 e. The molecule has 1 aromatic heterocycles. The van der Waals surface area contributed by atoms with E-state index in [1.165, 1.54) is 0 Å². The fourth-order valence-corrected chi connectivity index (χ4v) is 1.84. The average Bonchev–Trinajstić information content (AvgIpc) is 3.13. The first-order chi connectivity index (χ1) is 8.22. The molecule has 17 heavy (non-hydrogen) atoms. The highest BCUT2D eigenvalue weighted by atomic mass is 16.1. The van der Waals surface area contributed by atoms with Crippen LogP contribution in [0.5, 0.6) is 0 Å². The third-order valence-corrected chi connectivity index (χ3v) is 2.94. The molecule has 4 nitrogen and oxygen atoms in total. The zero-order valence-corrected chi connectivity index (χ0v) is 9.31. The zero-order chi connectivity index (χ0) is 11.8. The van der Waals surface area contributed by atoms with Gasteiger partial charge in [0.1, 0.15) is 5.82 Å². The van der Waals surface area contributed by atoms with Crippen molar-refractivity contribution >= 4 is 5.69 Å². The number of aromatic amines is 1. The molecule has 0 unspecified atom stereocenters. The van der Waals surface area contributed by atoms with E-state index in [4.69, 9.17) is 5.73 Å². The van der Waals surface area contributed by atoms with Crippen molar-refractivity contribution < 1.29 is 0 Å². The zero-order valence-electron chi connectivity index (χ0n) is 9.31. The summed E-state index contributed by atoms with van der Waals surface area (Å²) in [7, 11) is 0. The van der Waals surface area contributed by atoms with Crippen LogP contribution < -0.4 is 11.3 Å². The first-order valence-corrected chi connectivity index (χ1v) is 5.69. The monoisotopic (exact) mass is 227 g/mol. The minimum Gasteiger partial charge on any atom is -0.399 e. The van der Waals surface area contributed by atoms with E-state index in [0.717, 1.165) is 24.1 Å². The molecule has 0 saturated heterocycles. The van der Waals surface area contributed by atoms with Crippen molar-refractivity contribution in [2.45, 2.75) is 18.8 Å². The van der Waals surface area contributed by atoms with Gasteiger partial charge in [-0.05, 0) is 37.1 Å². The van der Waals surface area contributed by atoms with Gasteiger partial charge in [-0.15, -0.1) is 0 Å². The average molecular weight is 227 g/mol. The quantitative estimate of drug-likeness (QED) is 0.769. The number of nitrogens with zero attached hydrogens (tertiary/aromatic N) is 1. The van der Waals surface area contributed by atoms with E-state index in [1.54, 1.807) is 18.2 Å². The van der Waals surface area contributed by atoms with Crippen LogP contribution in [-0.2, 0) is 0 Å². The summed E-state index contributed by atoms with van der Waals surface area (Å²) in [5.74, 6) is 1.10. The Balaban J connectivity index is 2.07. The maximum atomic E-state index is 11.6. The Morgan fingerprint density at radius 3 is 2.59 bits per heavy atom. The molecule has 0 bridgehead atoms. The minimum atomic E-state index is -0.0891.